The van der Waals surface area contributed by atoms with Gasteiger partial charge >= 0.3 is 11.7 Å². The second-order valence-corrected chi connectivity index (χ2v) is 4.97. The van der Waals surface area contributed by atoms with E-state index in [0.29, 0.717) is 19.4 Å². The third-order valence-electron chi connectivity index (χ3n) is 3.61. The number of likely N-dealkylation sites (tertiary alicyclic amines) is 1. The number of carboxylic acid groups (broad SMARTS) is 1. The Morgan fingerprint density at radius 1 is 1.45 bits per heavy atom. The maximum atomic E-state index is 12.2. The molecule has 1 unspecified atom stereocenters. The van der Waals surface area contributed by atoms with Crippen LogP contribution in [0.25, 0.3) is 0 Å². The molecule has 2 rings (SSSR count). The van der Waals surface area contributed by atoms with Gasteiger partial charge in [0.25, 0.3) is 5.56 Å². The monoisotopic (exact) mass is 281 g/mol. The summed E-state index contributed by atoms with van der Waals surface area (Å²) in [5.74, 6) is -1.52. The van der Waals surface area contributed by atoms with Crippen LogP contribution in [-0.4, -0.2) is 43.5 Å². The topological polar surface area (TPSA) is 112 Å². The highest BCUT2D eigenvalue weighted by atomic mass is 16.4. The molecule has 0 radical (unpaired) electrons. The molecule has 2 N–H and O–H groups in total. The molecule has 8 heteroatoms. The summed E-state index contributed by atoms with van der Waals surface area (Å²) in [6.45, 7) is 1.55. The number of carbonyl (C=O) groups is 2. The summed E-state index contributed by atoms with van der Waals surface area (Å²) in [5, 5.41) is 9.24. The SMILES string of the molecule is CC1(C(=O)O)CCCN1C(=O)Cn1ccc(=O)[nH]c1=O. The molecule has 0 bridgehead atoms. The summed E-state index contributed by atoms with van der Waals surface area (Å²) < 4.78 is 1.05. The predicted octanol–water partition coefficient (Wildman–Crippen LogP) is -0.998. The van der Waals surface area contributed by atoms with Gasteiger partial charge in [-0.15, -0.1) is 0 Å². The lowest BCUT2D eigenvalue weighted by atomic mass is 9.99. The Morgan fingerprint density at radius 2 is 2.15 bits per heavy atom. The third-order valence-corrected chi connectivity index (χ3v) is 3.61. The fourth-order valence-corrected chi connectivity index (χ4v) is 2.39. The van der Waals surface area contributed by atoms with Crippen LogP contribution in [0, 0.1) is 0 Å². The molecule has 1 amide bonds. The van der Waals surface area contributed by atoms with E-state index in [1.54, 1.807) is 0 Å². The standard InChI is InChI=1S/C12H15N3O5/c1-12(10(18)19)4-2-5-15(12)9(17)7-14-6-3-8(16)13-11(14)20/h3,6H,2,4-5,7H2,1H3,(H,18,19)(H,13,16,20). The Labute approximate surface area is 113 Å². The van der Waals surface area contributed by atoms with Gasteiger partial charge < -0.3 is 10.0 Å². The molecule has 20 heavy (non-hydrogen) atoms. The van der Waals surface area contributed by atoms with Crippen LogP contribution in [0.1, 0.15) is 19.8 Å². The minimum absolute atomic E-state index is 0.293. The molecule has 1 aromatic rings. The van der Waals surface area contributed by atoms with E-state index < -0.39 is 28.7 Å². The first-order valence-corrected chi connectivity index (χ1v) is 6.18. The number of nitrogens with zero attached hydrogens (tertiary/aromatic N) is 2. The van der Waals surface area contributed by atoms with Gasteiger partial charge in [0.05, 0.1) is 0 Å². The number of aromatic amines is 1. The molecule has 1 aliphatic heterocycles. The van der Waals surface area contributed by atoms with E-state index in [1.807, 2.05) is 4.98 Å². The van der Waals surface area contributed by atoms with Gasteiger partial charge in [-0.2, -0.15) is 0 Å². The number of carboxylic acids is 1. The highest BCUT2D eigenvalue weighted by Crippen LogP contribution is 2.29. The number of hydrogen-bond donors (Lipinski definition) is 2. The summed E-state index contributed by atoms with van der Waals surface area (Å²) in [5.41, 5.74) is -2.47. The maximum absolute atomic E-state index is 12.2. The Bertz CT molecular complexity index is 662. The lowest BCUT2D eigenvalue weighted by molar-refractivity contribution is -0.155. The van der Waals surface area contributed by atoms with E-state index in [0.717, 1.165) is 10.6 Å². The third kappa shape index (κ3) is 2.36. The lowest BCUT2D eigenvalue weighted by Crippen LogP contribution is -2.52. The van der Waals surface area contributed by atoms with Crippen LogP contribution >= 0.6 is 0 Å². The van der Waals surface area contributed by atoms with Crippen molar-refractivity contribution in [3.05, 3.63) is 33.1 Å². The van der Waals surface area contributed by atoms with E-state index in [2.05, 4.69) is 0 Å². The van der Waals surface area contributed by atoms with Gasteiger partial charge in [0.15, 0.2) is 0 Å². The summed E-state index contributed by atoms with van der Waals surface area (Å²) >= 11 is 0. The van der Waals surface area contributed by atoms with E-state index >= 15 is 0 Å². The average Bonchev–Trinajstić information content (AvgIpc) is 2.76. The minimum Gasteiger partial charge on any atom is -0.480 e. The minimum atomic E-state index is -1.23. The molecule has 108 valence electrons. The zero-order valence-electron chi connectivity index (χ0n) is 11.0. The van der Waals surface area contributed by atoms with Crippen molar-refractivity contribution < 1.29 is 14.7 Å². The van der Waals surface area contributed by atoms with Crippen molar-refractivity contribution in [2.24, 2.45) is 0 Å². The van der Waals surface area contributed by atoms with Crippen LogP contribution in [0.3, 0.4) is 0 Å². The summed E-state index contributed by atoms with van der Waals surface area (Å²) in [4.78, 5) is 49.2. The summed E-state index contributed by atoms with van der Waals surface area (Å²) in [6, 6.07) is 1.13. The van der Waals surface area contributed by atoms with Gasteiger partial charge in [0.2, 0.25) is 5.91 Å². The van der Waals surface area contributed by atoms with Gasteiger partial charge in [0.1, 0.15) is 12.1 Å². The molecule has 1 atom stereocenters. The van der Waals surface area contributed by atoms with E-state index in [9.17, 15) is 24.3 Å². The van der Waals surface area contributed by atoms with E-state index in [1.165, 1.54) is 18.0 Å². The second-order valence-electron chi connectivity index (χ2n) is 4.97. The summed E-state index contributed by atoms with van der Waals surface area (Å²) in [6.07, 6.45) is 2.21. The number of H-pyrrole nitrogens is 1. The Kier molecular flexibility index (Phi) is 3.47. The van der Waals surface area contributed by atoms with Gasteiger partial charge in [-0.3, -0.25) is 19.1 Å². The molecular formula is C12H15N3O5. The predicted molar refractivity (Wildman–Crippen MR) is 68.3 cm³/mol. The normalized spacial score (nSPS) is 21.9. The highest BCUT2D eigenvalue weighted by molar-refractivity contribution is 5.87. The quantitative estimate of drug-likeness (QED) is 0.738. The van der Waals surface area contributed by atoms with Gasteiger partial charge in [-0.05, 0) is 19.8 Å². The number of nitrogens with one attached hydrogen (secondary N) is 1. The molecule has 0 aliphatic carbocycles. The number of amides is 1. The average molecular weight is 281 g/mol. The summed E-state index contributed by atoms with van der Waals surface area (Å²) in [7, 11) is 0. The number of aromatic nitrogens is 2. The van der Waals surface area contributed by atoms with Gasteiger partial charge in [0, 0.05) is 18.8 Å². The largest absolute Gasteiger partial charge is 0.480 e. The van der Waals surface area contributed by atoms with Gasteiger partial charge in [-0.25, -0.2) is 9.59 Å². The van der Waals surface area contributed by atoms with Crippen LogP contribution in [0.5, 0.6) is 0 Å². The highest BCUT2D eigenvalue weighted by Gasteiger charge is 2.45. The maximum Gasteiger partial charge on any atom is 0.329 e. The van der Waals surface area contributed by atoms with Crippen LogP contribution in [0.2, 0.25) is 0 Å². The molecule has 8 nitrogen and oxygen atoms in total. The Balaban J connectivity index is 2.22. The first-order chi connectivity index (χ1) is 9.34. The molecule has 1 fully saturated rings. The molecule has 0 aromatic carbocycles. The van der Waals surface area contributed by atoms with Crippen molar-refractivity contribution in [3.8, 4) is 0 Å². The van der Waals surface area contributed by atoms with Crippen LogP contribution in [0.15, 0.2) is 21.9 Å². The first kappa shape index (κ1) is 14.0. The van der Waals surface area contributed by atoms with Crippen LogP contribution < -0.4 is 11.2 Å². The fourth-order valence-electron chi connectivity index (χ4n) is 2.39. The first-order valence-electron chi connectivity index (χ1n) is 6.18. The molecule has 2 heterocycles. The molecule has 1 saturated heterocycles. The van der Waals surface area contributed by atoms with Gasteiger partial charge in [-0.1, -0.05) is 0 Å². The van der Waals surface area contributed by atoms with Crippen molar-refractivity contribution in [3.63, 3.8) is 0 Å². The molecule has 0 spiro atoms. The van der Waals surface area contributed by atoms with Crippen molar-refractivity contribution >= 4 is 11.9 Å². The van der Waals surface area contributed by atoms with E-state index in [4.69, 9.17) is 0 Å². The number of carbonyl (C=O) groups excluding carboxylic acids is 1. The van der Waals surface area contributed by atoms with E-state index in [-0.39, 0.29) is 6.54 Å². The fraction of sp³-hybridized carbons (Fsp3) is 0.500. The van der Waals surface area contributed by atoms with Crippen molar-refractivity contribution in [1.29, 1.82) is 0 Å². The Hall–Kier alpha value is -2.38. The lowest BCUT2D eigenvalue weighted by Gasteiger charge is -2.31. The number of rotatable bonds is 3. The second kappa shape index (κ2) is 4.95. The molecule has 1 aromatic heterocycles. The number of aliphatic carboxylic acids is 1. The Morgan fingerprint density at radius 3 is 2.75 bits per heavy atom. The molecular weight excluding hydrogens is 266 g/mol. The zero-order valence-corrected chi connectivity index (χ0v) is 11.0. The molecule has 1 aliphatic rings. The smallest absolute Gasteiger partial charge is 0.329 e. The van der Waals surface area contributed by atoms with Crippen molar-refractivity contribution in [2.45, 2.75) is 31.8 Å². The van der Waals surface area contributed by atoms with Crippen LogP contribution in [0.4, 0.5) is 0 Å². The number of hydrogen-bond acceptors (Lipinski definition) is 4. The zero-order chi connectivity index (χ0) is 14.9. The van der Waals surface area contributed by atoms with Crippen molar-refractivity contribution in [1.82, 2.24) is 14.5 Å². The van der Waals surface area contributed by atoms with Crippen LogP contribution in [-0.2, 0) is 16.1 Å². The molecule has 0 saturated carbocycles. The van der Waals surface area contributed by atoms with Crippen molar-refractivity contribution in [2.75, 3.05) is 6.54 Å².